The number of aliphatic carboxylic acids is 1. The minimum absolute atomic E-state index is 0.0509. The molecule has 1 fully saturated rings. The molecular formula is C29H36N2O8. The Hall–Kier alpha value is -3.92. The fourth-order valence-corrected chi connectivity index (χ4v) is 4.58. The molecule has 1 saturated carbocycles. The van der Waals surface area contributed by atoms with Crippen molar-refractivity contribution in [2.24, 2.45) is 5.92 Å². The number of hydrogen-bond donors (Lipinski definition) is 3. The quantitative estimate of drug-likeness (QED) is 0.329. The highest BCUT2D eigenvalue weighted by Gasteiger charge is 2.38. The van der Waals surface area contributed by atoms with E-state index in [0.717, 1.165) is 31.2 Å². The van der Waals surface area contributed by atoms with Crippen molar-refractivity contribution in [2.45, 2.75) is 63.3 Å². The van der Waals surface area contributed by atoms with Gasteiger partial charge in [-0.05, 0) is 37.3 Å². The Labute approximate surface area is 228 Å². The van der Waals surface area contributed by atoms with Crippen LogP contribution in [0.25, 0.3) is 0 Å². The Morgan fingerprint density at radius 2 is 1.51 bits per heavy atom. The van der Waals surface area contributed by atoms with Crippen LogP contribution in [0, 0.1) is 5.92 Å². The van der Waals surface area contributed by atoms with Crippen molar-refractivity contribution in [2.75, 3.05) is 13.7 Å². The van der Waals surface area contributed by atoms with Crippen LogP contribution in [0.2, 0.25) is 0 Å². The summed E-state index contributed by atoms with van der Waals surface area (Å²) in [5.74, 6) is -4.27. The van der Waals surface area contributed by atoms with Gasteiger partial charge in [0.05, 0.1) is 25.2 Å². The summed E-state index contributed by atoms with van der Waals surface area (Å²) < 4.78 is 16.1. The molecule has 0 saturated heterocycles. The monoisotopic (exact) mass is 540 g/mol. The van der Waals surface area contributed by atoms with E-state index >= 15 is 0 Å². The fraction of sp³-hybridized carbons (Fsp3) is 0.448. The average molecular weight is 541 g/mol. The Bertz CT molecular complexity index is 1100. The number of carboxylic acid groups (broad SMARTS) is 1. The lowest BCUT2D eigenvalue weighted by molar-refractivity contribution is -0.150. The van der Waals surface area contributed by atoms with E-state index in [0.29, 0.717) is 5.56 Å². The Balaban J connectivity index is 1.78. The van der Waals surface area contributed by atoms with Crippen molar-refractivity contribution >= 4 is 23.9 Å². The Kier molecular flexibility index (Phi) is 10.9. The van der Waals surface area contributed by atoms with Crippen molar-refractivity contribution in [1.29, 1.82) is 0 Å². The maximum Gasteiger partial charge on any atom is 0.408 e. The van der Waals surface area contributed by atoms with Crippen molar-refractivity contribution in [3.8, 4) is 0 Å². The summed E-state index contributed by atoms with van der Waals surface area (Å²) in [6.45, 7) is 1.72. The first-order valence-corrected chi connectivity index (χ1v) is 13.0. The van der Waals surface area contributed by atoms with E-state index in [1.807, 2.05) is 13.0 Å². The molecule has 3 atom stereocenters. The van der Waals surface area contributed by atoms with Crippen LogP contribution < -0.4 is 10.6 Å². The lowest BCUT2D eigenvalue weighted by Gasteiger charge is -2.29. The van der Waals surface area contributed by atoms with Crippen molar-refractivity contribution in [3.63, 3.8) is 0 Å². The fourth-order valence-electron chi connectivity index (χ4n) is 4.58. The van der Waals surface area contributed by atoms with E-state index < -0.39 is 47.5 Å². The second-order valence-corrected chi connectivity index (χ2v) is 9.87. The van der Waals surface area contributed by atoms with Gasteiger partial charge in [-0.15, -0.1) is 0 Å². The number of rotatable bonds is 13. The summed E-state index contributed by atoms with van der Waals surface area (Å²) in [4.78, 5) is 51.0. The number of nitrogens with one attached hydrogen (secondary N) is 2. The van der Waals surface area contributed by atoms with Gasteiger partial charge in [0.1, 0.15) is 12.6 Å². The number of hydrogen-bond acceptors (Lipinski definition) is 7. The first-order chi connectivity index (χ1) is 18.7. The SMILES string of the molecule is COC(=O)[C@H](COC1(C)CCCC1)NC(=O)[C@@H](NC(=O)OCc1ccccc1)C(Cc1ccccc1)C(=O)O. The molecule has 0 spiro atoms. The molecule has 0 aromatic heterocycles. The molecule has 3 N–H and O–H groups in total. The van der Waals surface area contributed by atoms with E-state index in [-0.39, 0.29) is 19.6 Å². The average Bonchev–Trinajstić information content (AvgIpc) is 3.38. The van der Waals surface area contributed by atoms with Gasteiger partial charge in [-0.2, -0.15) is 0 Å². The first-order valence-electron chi connectivity index (χ1n) is 13.0. The molecule has 2 amide bonds. The number of carboxylic acids is 1. The highest BCUT2D eigenvalue weighted by Crippen LogP contribution is 2.32. The molecular weight excluding hydrogens is 504 g/mol. The summed E-state index contributed by atoms with van der Waals surface area (Å²) >= 11 is 0. The molecule has 0 bridgehead atoms. The van der Waals surface area contributed by atoms with E-state index in [9.17, 15) is 24.3 Å². The van der Waals surface area contributed by atoms with Crippen LogP contribution in [0.5, 0.6) is 0 Å². The third-order valence-corrected chi connectivity index (χ3v) is 6.85. The van der Waals surface area contributed by atoms with Gasteiger partial charge in [0.15, 0.2) is 6.04 Å². The lowest BCUT2D eigenvalue weighted by atomic mass is 9.91. The van der Waals surface area contributed by atoms with Crippen molar-refractivity contribution < 1.29 is 38.5 Å². The predicted octanol–water partition coefficient (Wildman–Crippen LogP) is 3.23. The molecule has 3 rings (SSSR count). The van der Waals surface area contributed by atoms with Gasteiger partial charge >= 0.3 is 18.0 Å². The first kappa shape index (κ1) is 29.6. The number of benzene rings is 2. The zero-order chi connectivity index (χ0) is 28.3. The van der Waals surface area contributed by atoms with Crippen molar-refractivity contribution in [1.82, 2.24) is 10.6 Å². The van der Waals surface area contributed by atoms with Crippen LogP contribution >= 0.6 is 0 Å². The van der Waals surface area contributed by atoms with Crippen LogP contribution in [-0.2, 0) is 41.6 Å². The molecule has 210 valence electrons. The third kappa shape index (κ3) is 9.10. The highest BCUT2D eigenvalue weighted by molar-refractivity contribution is 5.93. The van der Waals surface area contributed by atoms with Crippen LogP contribution in [0.1, 0.15) is 43.7 Å². The molecule has 2 aromatic rings. The van der Waals surface area contributed by atoms with E-state index in [2.05, 4.69) is 10.6 Å². The normalized spacial score (nSPS) is 16.4. The van der Waals surface area contributed by atoms with Gasteiger partial charge in [-0.1, -0.05) is 73.5 Å². The summed E-state index contributed by atoms with van der Waals surface area (Å²) in [5.41, 5.74) is 0.951. The molecule has 1 aliphatic carbocycles. The predicted molar refractivity (Wildman–Crippen MR) is 142 cm³/mol. The molecule has 10 heteroatoms. The van der Waals surface area contributed by atoms with E-state index in [1.54, 1.807) is 54.6 Å². The maximum absolute atomic E-state index is 13.5. The van der Waals surface area contributed by atoms with Gasteiger partial charge in [0.25, 0.3) is 0 Å². The molecule has 39 heavy (non-hydrogen) atoms. The third-order valence-electron chi connectivity index (χ3n) is 6.85. The number of amides is 2. The topological polar surface area (TPSA) is 140 Å². The number of esters is 1. The van der Waals surface area contributed by atoms with E-state index in [1.165, 1.54) is 7.11 Å². The highest BCUT2D eigenvalue weighted by atomic mass is 16.5. The number of methoxy groups -OCH3 is 1. The molecule has 1 aliphatic rings. The molecule has 2 aromatic carbocycles. The molecule has 0 aliphatic heterocycles. The van der Waals surface area contributed by atoms with E-state index in [4.69, 9.17) is 14.2 Å². The zero-order valence-corrected chi connectivity index (χ0v) is 22.3. The Morgan fingerprint density at radius 3 is 2.08 bits per heavy atom. The summed E-state index contributed by atoms with van der Waals surface area (Å²) in [6, 6.07) is 14.9. The largest absolute Gasteiger partial charge is 0.481 e. The number of carbonyl (C=O) groups is 4. The second kappa shape index (κ2) is 14.3. The van der Waals surface area contributed by atoms with Crippen molar-refractivity contribution in [3.05, 3.63) is 71.8 Å². The second-order valence-electron chi connectivity index (χ2n) is 9.87. The lowest BCUT2D eigenvalue weighted by Crippen LogP contribution is -2.57. The van der Waals surface area contributed by atoms with Gasteiger partial charge in [-0.25, -0.2) is 9.59 Å². The molecule has 10 nitrogen and oxygen atoms in total. The minimum atomic E-state index is -1.56. The van der Waals surface area contributed by atoms with Gasteiger partial charge < -0.3 is 30.0 Å². The molecule has 0 heterocycles. The van der Waals surface area contributed by atoms with Crippen LogP contribution in [0.4, 0.5) is 4.79 Å². The van der Waals surface area contributed by atoms with Gasteiger partial charge in [0, 0.05) is 0 Å². The number of carbonyl (C=O) groups excluding carboxylic acids is 3. The minimum Gasteiger partial charge on any atom is -0.481 e. The zero-order valence-electron chi connectivity index (χ0n) is 22.3. The van der Waals surface area contributed by atoms with Gasteiger partial charge in [-0.3, -0.25) is 9.59 Å². The summed E-state index contributed by atoms with van der Waals surface area (Å²) in [5, 5.41) is 15.0. The summed E-state index contributed by atoms with van der Waals surface area (Å²) in [6.07, 6.45) is 2.63. The standard InChI is InChI=1S/C29H36N2O8/c1-29(15-9-10-16-29)39-19-23(27(35)37-2)30-25(32)24(22(26(33)34)17-20-11-5-3-6-12-20)31-28(36)38-18-21-13-7-4-8-14-21/h3-8,11-14,22-24H,9-10,15-19H2,1-2H3,(H,30,32)(H,31,36)(H,33,34)/t22?,23-,24-/m0/s1. The Morgan fingerprint density at radius 1 is 0.923 bits per heavy atom. The van der Waals surface area contributed by atoms with Crippen LogP contribution in [0.3, 0.4) is 0 Å². The van der Waals surface area contributed by atoms with Crippen LogP contribution in [0.15, 0.2) is 60.7 Å². The smallest absolute Gasteiger partial charge is 0.408 e. The van der Waals surface area contributed by atoms with Gasteiger partial charge in [0.2, 0.25) is 5.91 Å². The number of ether oxygens (including phenoxy) is 3. The number of alkyl carbamates (subject to hydrolysis) is 1. The maximum atomic E-state index is 13.5. The summed E-state index contributed by atoms with van der Waals surface area (Å²) in [7, 11) is 1.19. The van der Waals surface area contributed by atoms with Crippen LogP contribution in [-0.4, -0.2) is 60.4 Å². The molecule has 1 unspecified atom stereocenters. The molecule has 0 radical (unpaired) electrons.